The van der Waals surface area contributed by atoms with Crippen molar-refractivity contribution in [3.05, 3.63) is 34.1 Å². The Bertz CT molecular complexity index is 541. The zero-order chi connectivity index (χ0) is 11.7. The molecule has 1 aromatic carbocycles. The van der Waals surface area contributed by atoms with Crippen molar-refractivity contribution in [1.29, 1.82) is 0 Å². The zero-order valence-corrected chi connectivity index (χ0v) is 9.14. The summed E-state index contributed by atoms with van der Waals surface area (Å²) in [4.78, 5) is 11.0. The van der Waals surface area contributed by atoms with Crippen LogP contribution in [0.15, 0.2) is 18.5 Å². The maximum Gasteiger partial charge on any atom is 0.338 e. The normalized spacial score (nSPS) is 10.4. The molecule has 0 bridgehead atoms. The van der Waals surface area contributed by atoms with Gasteiger partial charge in [-0.2, -0.15) is 4.68 Å². The van der Waals surface area contributed by atoms with Crippen LogP contribution in [0.1, 0.15) is 10.4 Å². The molecule has 0 amide bonds. The smallest absolute Gasteiger partial charge is 0.338 e. The summed E-state index contributed by atoms with van der Waals surface area (Å²) < 4.78 is 1.17. The molecule has 1 aromatic heterocycles. The van der Waals surface area contributed by atoms with E-state index in [0.717, 1.165) is 0 Å². The number of carboxylic acids is 1. The van der Waals surface area contributed by atoms with Crippen LogP contribution in [0.5, 0.6) is 0 Å². The van der Waals surface area contributed by atoms with E-state index in [0.29, 0.717) is 0 Å². The molecular weight excluding hydrogens is 255 g/mol. The summed E-state index contributed by atoms with van der Waals surface area (Å²) in [6.45, 7) is 0. The Morgan fingerprint density at radius 3 is 2.69 bits per heavy atom. The van der Waals surface area contributed by atoms with Crippen LogP contribution in [0.25, 0.3) is 5.69 Å². The number of halogens is 2. The maximum atomic E-state index is 11.0. The minimum absolute atomic E-state index is 0.0650. The highest BCUT2D eigenvalue weighted by Crippen LogP contribution is 2.27. The average Bonchev–Trinajstić information content (AvgIpc) is 2.69. The predicted molar refractivity (Wildman–Crippen MR) is 56.1 cm³/mol. The molecule has 1 N–H and O–H groups in total. The van der Waals surface area contributed by atoms with Crippen molar-refractivity contribution >= 4 is 29.2 Å². The number of rotatable bonds is 2. The van der Waals surface area contributed by atoms with Crippen LogP contribution in [0.2, 0.25) is 10.0 Å². The van der Waals surface area contributed by atoms with E-state index in [4.69, 9.17) is 28.3 Å². The first-order chi connectivity index (χ1) is 7.59. The molecule has 8 heteroatoms. The second kappa shape index (κ2) is 4.07. The van der Waals surface area contributed by atoms with Gasteiger partial charge in [-0.15, -0.1) is 5.10 Å². The number of nitrogens with zero attached hydrogens (tertiary/aromatic N) is 4. The summed E-state index contributed by atoms with van der Waals surface area (Å²) in [5.74, 6) is -1.16. The number of carbonyl (C=O) groups is 1. The fourth-order valence-electron chi connectivity index (χ4n) is 1.23. The zero-order valence-electron chi connectivity index (χ0n) is 7.63. The third-order valence-electron chi connectivity index (χ3n) is 1.84. The van der Waals surface area contributed by atoms with Crippen LogP contribution in [-0.4, -0.2) is 31.3 Å². The monoisotopic (exact) mass is 258 g/mol. The van der Waals surface area contributed by atoms with Gasteiger partial charge in [0.15, 0.2) is 0 Å². The Kier molecular flexibility index (Phi) is 2.76. The van der Waals surface area contributed by atoms with Gasteiger partial charge in [0.05, 0.1) is 10.6 Å². The molecule has 1 heterocycles. The second-order valence-corrected chi connectivity index (χ2v) is 3.69. The minimum Gasteiger partial charge on any atom is -0.478 e. The fraction of sp³-hybridized carbons (Fsp3) is 0. The first-order valence-corrected chi connectivity index (χ1v) is 4.81. The van der Waals surface area contributed by atoms with Crippen molar-refractivity contribution in [3.63, 3.8) is 0 Å². The van der Waals surface area contributed by atoms with Crippen LogP contribution in [-0.2, 0) is 0 Å². The standard InChI is InChI=1S/C8H4Cl2N4O2/c9-4-1-5(8(15)16)7(6(10)2-4)14-3-11-12-13-14/h1-3H,(H,15,16). The first kappa shape index (κ1) is 10.8. The molecule has 0 spiro atoms. The van der Waals surface area contributed by atoms with E-state index in [9.17, 15) is 4.79 Å². The van der Waals surface area contributed by atoms with E-state index in [1.807, 2.05) is 0 Å². The Morgan fingerprint density at radius 2 is 2.12 bits per heavy atom. The van der Waals surface area contributed by atoms with E-state index in [2.05, 4.69) is 15.5 Å². The lowest BCUT2D eigenvalue weighted by atomic mass is 10.2. The molecule has 0 fully saturated rings. The molecule has 6 nitrogen and oxygen atoms in total. The van der Waals surface area contributed by atoms with Crippen LogP contribution in [0.3, 0.4) is 0 Å². The average molecular weight is 259 g/mol. The molecule has 0 saturated heterocycles. The Balaban J connectivity index is 2.72. The molecule has 0 aliphatic carbocycles. The quantitative estimate of drug-likeness (QED) is 0.887. The Morgan fingerprint density at radius 1 is 1.38 bits per heavy atom. The second-order valence-electron chi connectivity index (χ2n) is 2.84. The highest BCUT2D eigenvalue weighted by Gasteiger charge is 2.17. The van der Waals surface area contributed by atoms with Crippen molar-refractivity contribution in [3.8, 4) is 5.69 Å². The molecule has 0 aliphatic rings. The van der Waals surface area contributed by atoms with E-state index >= 15 is 0 Å². The van der Waals surface area contributed by atoms with Gasteiger partial charge in [-0.05, 0) is 22.6 Å². The number of hydrogen-bond acceptors (Lipinski definition) is 4. The van der Waals surface area contributed by atoms with Crippen molar-refractivity contribution in [2.45, 2.75) is 0 Å². The van der Waals surface area contributed by atoms with Crippen molar-refractivity contribution in [1.82, 2.24) is 20.2 Å². The largest absolute Gasteiger partial charge is 0.478 e. The summed E-state index contributed by atoms with van der Waals surface area (Å²) in [7, 11) is 0. The number of hydrogen-bond donors (Lipinski definition) is 1. The van der Waals surface area contributed by atoms with Crippen LogP contribution in [0.4, 0.5) is 0 Å². The lowest BCUT2D eigenvalue weighted by Gasteiger charge is -2.07. The Labute approximate surface area is 99.4 Å². The lowest BCUT2D eigenvalue weighted by molar-refractivity contribution is 0.0696. The topological polar surface area (TPSA) is 80.9 Å². The molecule has 0 radical (unpaired) electrons. The van der Waals surface area contributed by atoms with Crippen molar-refractivity contribution in [2.75, 3.05) is 0 Å². The van der Waals surface area contributed by atoms with E-state index in [1.54, 1.807) is 0 Å². The summed E-state index contributed by atoms with van der Waals surface area (Å²) in [6.07, 6.45) is 1.25. The van der Waals surface area contributed by atoms with Gasteiger partial charge in [-0.25, -0.2) is 4.79 Å². The summed E-state index contributed by atoms with van der Waals surface area (Å²) in [5.41, 5.74) is 0.119. The number of aromatic nitrogens is 4. The van der Waals surface area contributed by atoms with E-state index in [-0.39, 0.29) is 21.3 Å². The van der Waals surface area contributed by atoms with Crippen LogP contribution >= 0.6 is 23.2 Å². The number of benzene rings is 1. The molecule has 0 atom stereocenters. The molecular formula is C8H4Cl2N4O2. The third-order valence-corrected chi connectivity index (χ3v) is 2.34. The number of aromatic carboxylic acids is 1. The van der Waals surface area contributed by atoms with E-state index < -0.39 is 5.97 Å². The Hall–Kier alpha value is -1.66. The fourth-order valence-corrected chi connectivity index (χ4v) is 1.81. The minimum atomic E-state index is -1.16. The summed E-state index contributed by atoms with van der Waals surface area (Å²) in [5, 5.41) is 19.8. The maximum absolute atomic E-state index is 11.0. The predicted octanol–water partition coefficient (Wildman–Crippen LogP) is 1.67. The van der Waals surface area contributed by atoms with Gasteiger partial charge >= 0.3 is 5.97 Å². The SMILES string of the molecule is O=C(O)c1cc(Cl)cc(Cl)c1-n1cnnn1. The summed E-state index contributed by atoms with van der Waals surface area (Å²) >= 11 is 11.6. The van der Waals surface area contributed by atoms with Gasteiger partial charge in [-0.1, -0.05) is 23.2 Å². The third kappa shape index (κ3) is 1.84. The molecule has 16 heavy (non-hydrogen) atoms. The highest BCUT2D eigenvalue weighted by atomic mass is 35.5. The van der Waals surface area contributed by atoms with Crippen molar-refractivity contribution < 1.29 is 9.90 Å². The lowest BCUT2D eigenvalue weighted by Crippen LogP contribution is -2.07. The molecule has 0 unspecified atom stereocenters. The van der Waals surface area contributed by atoms with Crippen molar-refractivity contribution in [2.24, 2.45) is 0 Å². The van der Waals surface area contributed by atoms with Gasteiger partial charge in [0, 0.05) is 5.02 Å². The number of carboxylic acid groups (broad SMARTS) is 1. The molecule has 0 aliphatic heterocycles. The number of tetrazole rings is 1. The van der Waals surface area contributed by atoms with Crippen LogP contribution in [0, 0.1) is 0 Å². The molecule has 0 saturated carbocycles. The van der Waals surface area contributed by atoms with Crippen LogP contribution < -0.4 is 0 Å². The van der Waals surface area contributed by atoms with E-state index in [1.165, 1.54) is 23.1 Å². The molecule has 82 valence electrons. The summed E-state index contributed by atoms with van der Waals surface area (Å²) in [6, 6.07) is 2.71. The van der Waals surface area contributed by atoms with Gasteiger partial charge in [0.1, 0.15) is 12.0 Å². The molecule has 2 rings (SSSR count). The van der Waals surface area contributed by atoms with Gasteiger partial charge in [-0.3, -0.25) is 0 Å². The van der Waals surface area contributed by atoms with Gasteiger partial charge in [0.2, 0.25) is 0 Å². The first-order valence-electron chi connectivity index (χ1n) is 4.05. The molecule has 2 aromatic rings. The highest BCUT2D eigenvalue weighted by molar-refractivity contribution is 6.36. The van der Waals surface area contributed by atoms with Gasteiger partial charge < -0.3 is 5.11 Å². The van der Waals surface area contributed by atoms with Gasteiger partial charge in [0.25, 0.3) is 0 Å².